The van der Waals surface area contributed by atoms with Crippen LogP contribution in [0.3, 0.4) is 0 Å². The van der Waals surface area contributed by atoms with Crippen LogP contribution >= 0.6 is 0 Å². The lowest BCUT2D eigenvalue weighted by Gasteiger charge is -2.38. The van der Waals surface area contributed by atoms with Gasteiger partial charge in [-0.05, 0) is 41.8 Å². The summed E-state index contributed by atoms with van der Waals surface area (Å²) in [7, 11) is 1.79. The maximum Gasteiger partial charge on any atom is 0.239 e. The summed E-state index contributed by atoms with van der Waals surface area (Å²) in [4.78, 5) is 19.3. The molecule has 2 heterocycles. The summed E-state index contributed by atoms with van der Waals surface area (Å²) in [6, 6.07) is 12.8. The number of benzene rings is 2. The van der Waals surface area contributed by atoms with Gasteiger partial charge in [-0.25, -0.2) is 4.39 Å². The quantitative estimate of drug-likeness (QED) is 0.732. The van der Waals surface area contributed by atoms with E-state index in [0.717, 1.165) is 57.1 Å². The van der Waals surface area contributed by atoms with Crippen LogP contribution in [0.2, 0.25) is 0 Å². The predicted octanol–water partition coefficient (Wildman–Crippen LogP) is 2.93. The Balaban J connectivity index is 1.27. The van der Waals surface area contributed by atoms with Gasteiger partial charge in [-0.3, -0.25) is 14.6 Å². The van der Waals surface area contributed by atoms with Crippen molar-refractivity contribution in [3.05, 3.63) is 65.0 Å². The van der Waals surface area contributed by atoms with Crippen LogP contribution in [0, 0.1) is 5.82 Å². The van der Waals surface area contributed by atoms with Gasteiger partial charge in [0, 0.05) is 52.7 Å². The van der Waals surface area contributed by atoms with Crippen LogP contribution < -0.4 is 4.74 Å². The second-order valence-electron chi connectivity index (χ2n) is 8.35. The molecule has 0 aliphatic carbocycles. The molecule has 2 aromatic carbocycles. The zero-order valence-electron chi connectivity index (χ0n) is 17.8. The van der Waals surface area contributed by atoms with E-state index in [2.05, 4.69) is 28.0 Å². The largest absolute Gasteiger partial charge is 0.493 e. The van der Waals surface area contributed by atoms with Gasteiger partial charge in [0.25, 0.3) is 0 Å². The second kappa shape index (κ2) is 9.14. The standard InChI is InChI=1S/C24H30FN3O2/c1-18(24(29)26(2)16-19-4-3-5-22(25)15-19)28-11-9-27(10-12-28)17-20-6-7-23-21(14-20)8-13-30-23/h3-7,14-15,18H,8-13,16-17H2,1-2H3. The highest BCUT2D eigenvalue weighted by molar-refractivity contribution is 5.81. The van der Waals surface area contributed by atoms with Gasteiger partial charge in [-0.1, -0.05) is 24.3 Å². The van der Waals surface area contributed by atoms with Gasteiger partial charge in [0.1, 0.15) is 11.6 Å². The first-order chi connectivity index (χ1) is 14.5. The van der Waals surface area contributed by atoms with E-state index in [9.17, 15) is 9.18 Å². The van der Waals surface area contributed by atoms with Gasteiger partial charge in [0.2, 0.25) is 5.91 Å². The number of piperazine rings is 1. The van der Waals surface area contributed by atoms with Crippen LogP contribution in [-0.4, -0.2) is 66.5 Å². The summed E-state index contributed by atoms with van der Waals surface area (Å²) >= 11 is 0. The smallest absolute Gasteiger partial charge is 0.239 e. The third-order valence-electron chi connectivity index (χ3n) is 6.16. The highest BCUT2D eigenvalue weighted by Gasteiger charge is 2.27. The van der Waals surface area contributed by atoms with E-state index in [4.69, 9.17) is 4.74 Å². The molecule has 2 aliphatic rings. The van der Waals surface area contributed by atoms with Crippen LogP contribution in [-0.2, 0) is 24.3 Å². The molecule has 1 atom stereocenters. The Hall–Kier alpha value is -2.44. The minimum atomic E-state index is -0.270. The molecule has 1 amide bonds. The minimum absolute atomic E-state index is 0.0753. The molecule has 2 aromatic rings. The lowest BCUT2D eigenvalue weighted by Crippen LogP contribution is -2.53. The van der Waals surface area contributed by atoms with Crippen molar-refractivity contribution in [3.8, 4) is 5.75 Å². The minimum Gasteiger partial charge on any atom is -0.493 e. The number of carbonyl (C=O) groups excluding carboxylic acids is 1. The summed E-state index contributed by atoms with van der Waals surface area (Å²) in [6.07, 6.45) is 1.000. The zero-order valence-corrected chi connectivity index (χ0v) is 17.8. The fraction of sp³-hybridized carbons (Fsp3) is 0.458. The molecule has 0 aromatic heterocycles. The van der Waals surface area contributed by atoms with Crippen molar-refractivity contribution in [1.29, 1.82) is 0 Å². The van der Waals surface area contributed by atoms with Crippen LogP contribution in [0.5, 0.6) is 5.75 Å². The van der Waals surface area contributed by atoms with Crippen molar-refractivity contribution in [2.75, 3.05) is 39.8 Å². The van der Waals surface area contributed by atoms with Crippen LogP contribution in [0.4, 0.5) is 4.39 Å². The molecule has 0 radical (unpaired) electrons. The van der Waals surface area contributed by atoms with Gasteiger partial charge < -0.3 is 9.64 Å². The molecule has 0 bridgehead atoms. The number of rotatable bonds is 6. The van der Waals surface area contributed by atoms with Gasteiger partial charge in [0.15, 0.2) is 0 Å². The third kappa shape index (κ3) is 4.82. The number of likely N-dealkylation sites (N-methyl/N-ethyl adjacent to an activating group) is 1. The maximum atomic E-state index is 13.4. The number of fused-ring (bicyclic) bond motifs is 1. The molecule has 160 valence electrons. The summed E-state index contributed by atoms with van der Waals surface area (Å²) in [5.74, 6) is 0.831. The van der Waals surface area contributed by atoms with Crippen LogP contribution in [0.1, 0.15) is 23.6 Å². The van der Waals surface area contributed by atoms with E-state index in [1.165, 1.54) is 23.3 Å². The Morgan fingerprint density at radius 3 is 2.70 bits per heavy atom. The van der Waals surface area contributed by atoms with E-state index >= 15 is 0 Å². The zero-order chi connectivity index (χ0) is 21.1. The highest BCUT2D eigenvalue weighted by Crippen LogP contribution is 2.26. The van der Waals surface area contributed by atoms with Crippen molar-refractivity contribution in [3.63, 3.8) is 0 Å². The van der Waals surface area contributed by atoms with Crippen molar-refractivity contribution in [1.82, 2.24) is 14.7 Å². The van der Waals surface area contributed by atoms with E-state index in [0.29, 0.717) is 6.54 Å². The maximum absolute atomic E-state index is 13.4. The Morgan fingerprint density at radius 1 is 1.13 bits per heavy atom. The lowest BCUT2D eigenvalue weighted by molar-refractivity contribution is -0.136. The molecule has 4 rings (SSSR count). The number of hydrogen-bond acceptors (Lipinski definition) is 4. The topological polar surface area (TPSA) is 36.0 Å². The summed E-state index contributed by atoms with van der Waals surface area (Å²) < 4.78 is 19.0. The molecule has 1 unspecified atom stereocenters. The van der Waals surface area contributed by atoms with Crippen molar-refractivity contribution in [2.24, 2.45) is 0 Å². The molecule has 0 spiro atoms. The molecule has 5 nitrogen and oxygen atoms in total. The molecule has 6 heteroatoms. The van der Waals surface area contributed by atoms with E-state index in [-0.39, 0.29) is 17.8 Å². The molecule has 1 fully saturated rings. The van der Waals surface area contributed by atoms with Crippen molar-refractivity contribution in [2.45, 2.75) is 32.5 Å². The SMILES string of the molecule is CC(C(=O)N(C)Cc1cccc(F)c1)N1CCN(Cc2ccc3c(c2)CCO3)CC1. The van der Waals surface area contributed by atoms with E-state index in [1.54, 1.807) is 18.0 Å². The number of ether oxygens (including phenoxy) is 1. The average molecular weight is 412 g/mol. The number of hydrogen-bond donors (Lipinski definition) is 0. The van der Waals surface area contributed by atoms with E-state index in [1.807, 2.05) is 13.0 Å². The number of amides is 1. The summed E-state index contributed by atoms with van der Waals surface area (Å²) in [5.41, 5.74) is 3.45. The average Bonchev–Trinajstić information content (AvgIpc) is 3.21. The number of nitrogens with zero attached hydrogens (tertiary/aromatic N) is 3. The van der Waals surface area contributed by atoms with Gasteiger partial charge in [0.05, 0.1) is 12.6 Å². The first-order valence-electron chi connectivity index (χ1n) is 10.7. The molecular weight excluding hydrogens is 381 g/mol. The first kappa shape index (κ1) is 20.8. The van der Waals surface area contributed by atoms with Gasteiger partial charge in [-0.15, -0.1) is 0 Å². The van der Waals surface area contributed by atoms with E-state index < -0.39 is 0 Å². The van der Waals surface area contributed by atoms with Crippen LogP contribution in [0.15, 0.2) is 42.5 Å². The van der Waals surface area contributed by atoms with Crippen LogP contribution in [0.25, 0.3) is 0 Å². The Bertz CT molecular complexity index is 896. The monoisotopic (exact) mass is 411 g/mol. The summed E-state index contributed by atoms with van der Waals surface area (Å²) in [6.45, 7) is 7.74. The third-order valence-corrected chi connectivity index (χ3v) is 6.16. The molecule has 0 saturated carbocycles. The molecule has 2 aliphatic heterocycles. The van der Waals surface area contributed by atoms with Crippen molar-refractivity contribution < 1.29 is 13.9 Å². The Kier molecular flexibility index (Phi) is 6.35. The molecular formula is C24H30FN3O2. The molecule has 0 N–H and O–H groups in total. The second-order valence-corrected chi connectivity index (χ2v) is 8.35. The van der Waals surface area contributed by atoms with Gasteiger partial charge in [-0.2, -0.15) is 0 Å². The Morgan fingerprint density at radius 2 is 1.93 bits per heavy atom. The highest BCUT2D eigenvalue weighted by atomic mass is 19.1. The lowest BCUT2D eigenvalue weighted by atomic mass is 10.1. The predicted molar refractivity (Wildman–Crippen MR) is 115 cm³/mol. The fourth-order valence-electron chi connectivity index (χ4n) is 4.37. The Labute approximate surface area is 178 Å². The molecule has 1 saturated heterocycles. The normalized spacial score (nSPS) is 18.0. The number of carbonyl (C=O) groups is 1. The first-order valence-corrected chi connectivity index (χ1v) is 10.7. The fourth-order valence-corrected chi connectivity index (χ4v) is 4.37. The molecule has 30 heavy (non-hydrogen) atoms. The van der Waals surface area contributed by atoms with Crippen molar-refractivity contribution >= 4 is 5.91 Å². The summed E-state index contributed by atoms with van der Waals surface area (Å²) in [5, 5.41) is 0. The van der Waals surface area contributed by atoms with Gasteiger partial charge >= 0.3 is 0 Å². The number of halogens is 1.